The molecule has 4 amide bonds. The Morgan fingerprint density at radius 2 is 1.52 bits per heavy atom. The number of amides is 4. The summed E-state index contributed by atoms with van der Waals surface area (Å²) in [4.78, 5) is 43.2. The number of carbonyl (C=O) groups excluding carboxylic acids is 3. The van der Waals surface area contributed by atoms with E-state index < -0.39 is 0 Å². The standard InChI is InChI=1S/C24H27N3O6/c1-31-19-13-16(14-20(32-2)22(19)33-3)23(29)25-11-9-17(10-12-25)26-15-21(28)27(24(26)30)18-7-5-4-6-8-18/h4-8,13-14,17H,9-12,15H2,1-3H3. The molecule has 0 bridgehead atoms. The van der Waals surface area contributed by atoms with E-state index in [2.05, 4.69) is 0 Å². The summed E-state index contributed by atoms with van der Waals surface area (Å²) in [5, 5.41) is 0. The van der Waals surface area contributed by atoms with Crippen LogP contribution in [0.15, 0.2) is 42.5 Å². The quantitative estimate of drug-likeness (QED) is 0.625. The van der Waals surface area contributed by atoms with Crippen molar-refractivity contribution in [2.75, 3.05) is 45.9 Å². The predicted octanol–water partition coefficient (Wildman–Crippen LogP) is 2.79. The Kier molecular flexibility index (Phi) is 6.39. The first-order valence-electron chi connectivity index (χ1n) is 10.8. The number of nitrogens with zero attached hydrogens (tertiary/aromatic N) is 3. The molecule has 2 heterocycles. The highest BCUT2D eigenvalue weighted by atomic mass is 16.5. The van der Waals surface area contributed by atoms with Gasteiger partial charge in [-0.15, -0.1) is 0 Å². The maximum absolute atomic E-state index is 13.1. The number of benzene rings is 2. The number of para-hydroxylation sites is 1. The van der Waals surface area contributed by atoms with Gasteiger partial charge in [-0.1, -0.05) is 18.2 Å². The number of hydrogen-bond acceptors (Lipinski definition) is 6. The third kappa shape index (κ3) is 4.18. The van der Waals surface area contributed by atoms with E-state index in [-0.39, 0.29) is 30.4 Å². The number of rotatable bonds is 6. The van der Waals surface area contributed by atoms with Crippen LogP contribution >= 0.6 is 0 Å². The second kappa shape index (κ2) is 9.40. The van der Waals surface area contributed by atoms with Crippen LogP contribution in [0.25, 0.3) is 0 Å². The highest BCUT2D eigenvalue weighted by molar-refractivity contribution is 6.19. The van der Waals surface area contributed by atoms with Crippen LogP contribution in [-0.2, 0) is 4.79 Å². The minimum atomic E-state index is -0.305. The van der Waals surface area contributed by atoms with Crippen molar-refractivity contribution in [1.29, 1.82) is 0 Å². The highest BCUT2D eigenvalue weighted by Crippen LogP contribution is 2.38. The van der Waals surface area contributed by atoms with Gasteiger partial charge in [0.05, 0.1) is 27.0 Å². The fraction of sp³-hybridized carbons (Fsp3) is 0.375. The number of anilines is 1. The van der Waals surface area contributed by atoms with E-state index in [1.165, 1.54) is 26.2 Å². The van der Waals surface area contributed by atoms with Gasteiger partial charge in [-0.25, -0.2) is 9.69 Å². The van der Waals surface area contributed by atoms with Crippen molar-refractivity contribution in [1.82, 2.24) is 9.80 Å². The second-order valence-corrected chi connectivity index (χ2v) is 7.91. The van der Waals surface area contributed by atoms with Crippen LogP contribution in [0.2, 0.25) is 0 Å². The van der Waals surface area contributed by atoms with E-state index in [1.807, 2.05) is 6.07 Å². The first kappa shape index (κ1) is 22.4. The molecule has 2 aliphatic heterocycles. The lowest BCUT2D eigenvalue weighted by Crippen LogP contribution is -2.48. The van der Waals surface area contributed by atoms with E-state index in [0.29, 0.717) is 54.4 Å². The van der Waals surface area contributed by atoms with Gasteiger partial charge in [0.1, 0.15) is 6.54 Å². The number of likely N-dealkylation sites (tertiary alicyclic amines) is 1. The summed E-state index contributed by atoms with van der Waals surface area (Å²) < 4.78 is 16.0. The number of ether oxygens (including phenoxy) is 3. The average Bonchev–Trinajstić information content (AvgIpc) is 3.16. The fourth-order valence-corrected chi connectivity index (χ4v) is 4.40. The lowest BCUT2D eigenvalue weighted by molar-refractivity contribution is -0.116. The molecule has 174 valence electrons. The van der Waals surface area contributed by atoms with Crippen molar-refractivity contribution in [3.05, 3.63) is 48.0 Å². The molecule has 0 N–H and O–H groups in total. The molecule has 2 aliphatic rings. The second-order valence-electron chi connectivity index (χ2n) is 7.91. The zero-order valence-corrected chi connectivity index (χ0v) is 18.9. The molecule has 9 heteroatoms. The van der Waals surface area contributed by atoms with Crippen molar-refractivity contribution in [2.45, 2.75) is 18.9 Å². The van der Waals surface area contributed by atoms with Gasteiger partial charge in [-0.3, -0.25) is 9.59 Å². The average molecular weight is 453 g/mol. The Morgan fingerprint density at radius 3 is 2.06 bits per heavy atom. The molecule has 0 radical (unpaired) electrons. The molecule has 0 unspecified atom stereocenters. The zero-order valence-electron chi connectivity index (χ0n) is 18.9. The van der Waals surface area contributed by atoms with E-state index in [9.17, 15) is 14.4 Å². The Bertz CT molecular complexity index is 1020. The molecule has 2 fully saturated rings. The van der Waals surface area contributed by atoms with Gasteiger partial charge in [0.15, 0.2) is 11.5 Å². The molecule has 4 rings (SSSR count). The summed E-state index contributed by atoms with van der Waals surface area (Å²) in [5.41, 5.74) is 1.01. The molecular weight excluding hydrogens is 426 g/mol. The van der Waals surface area contributed by atoms with Gasteiger partial charge in [0, 0.05) is 24.7 Å². The van der Waals surface area contributed by atoms with Crippen LogP contribution in [0.3, 0.4) is 0 Å². The monoisotopic (exact) mass is 453 g/mol. The molecule has 2 saturated heterocycles. The van der Waals surface area contributed by atoms with Gasteiger partial charge < -0.3 is 24.0 Å². The third-order valence-electron chi connectivity index (χ3n) is 6.11. The van der Waals surface area contributed by atoms with Crippen LogP contribution in [-0.4, -0.2) is 74.7 Å². The van der Waals surface area contributed by atoms with E-state index >= 15 is 0 Å². The number of hydrogen-bond donors (Lipinski definition) is 0. The fourth-order valence-electron chi connectivity index (χ4n) is 4.40. The number of carbonyl (C=O) groups is 3. The van der Waals surface area contributed by atoms with Crippen LogP contribution in [0.5, 0.6) is 17.2 Å². The van der Waals surface area contributed by atoms with Gasteiger partial charge in [-0.2, -0.15) is 0 Å². The lowest BCUT2D eigenvalue weighted by Gasteiger charge is -2.36. The minimum absolute atomic E-state index is 0.0548. The molecule has 9 nitrogen and oxygen atoms in total. The van der Waals surface area contributed by atoms with Crippen molar-refractivity contribution in [2.24, 2.45) is 0 Å². The molecule has 0 aromatic heterocycles. The van der Waals surface area contributed by atoms with Gasteiger partial charge in [0.25, 0.3) is 11.8 Å². The van der Waals surface area contributed by atoms with Crippen molar-refractivity contribution in [3.8, 4) is 17.2 Å². The summed E-state index contributed by atoms with van der Waals surface area (Å²) in [7, 11) is 4.52. The highest BCUT2D eigenvalue weighted by Gasteiger charge is 2.41. The largest absolute Gasteiger partial charge is 0.493 e. The van der Waals surface area contributed by atoms with Gasteiger partial charge in [0.2, 0.25) is 5.75 Å². The third-order valence-corrected chi connectivity index (χ3v) is 6.11. The Labute approximate surface area is 192 Å². The molecule has 0 atom stereocenters. The molecule has 2 aromatic carbocycles. The number of imide groups is 1. The normalized spacial score (nSPS) is 16.9. The van der Waals surface area contributed by atoms with Crippen molar-refractivity contribution >= 4 is 23.5 Å². The number of methoxy groups -OCH3 is 3. The topological polar surface area (TPSA) is 88.6 Å². The summed E-state index contributed by atoms with van der Waals surface area (Å²) in [6.07, 6.45) is 1.19. The van der Waals surface area contributed by atoms with Crippen LogP contribution in [0, 0.1) is 0 Å². The summed E-state index contributed by atoms with van der Waals surface area (Å²) >= 11 is 0. The lowest BCUT2D eigenvalue weighted by atomic mass is 10.0. The maximum Gasteiger partial charge on any atom is 0.332 e. The molecule has 33 heavy (non-hydrogen) atoms. The Balaban J connectivity index is 1.44. The summed E-state index contributed by atoms with van der Waals surface area (Å²) in [5.74, 6) is 0.870. The van der Waals surface area contributed by atoms with Crippen LogP contribution < -0.4 is 19.1 Å². The smallest absolute Gasteiger partial charge is 0.332 e. The summed E-state index contributed by atoms with van der Waals surface area (Å²) in [6.45, 7) is 1.01. The van der Waals surface area contributed by atoms with E-state index in [4.69, 9.17) is 14.2 Å². The molecule has 2 aromatic rings. The van der Waals surface area contributed by atoms with Crippen molar-refractivity contribution < 1.29 is 28.6 Å². The summed E-state index contributed by atoms with van der Waals surface area (Å²) in [6, 6.07) is 11.8. The Morgan fingerprint density at radius 1 is 0.909 bits per heavy atom. The van der Waals surface area contributed by atoms with Gasteiger partial charge in [-0.05, 0) is 37.1 Å². The molecule has 0 spiro atoms. The molecular formula is C24H27N3O6. The van der Waals surface area contributed by atoms with Gasteiger partial charge >= 0.3 is 6.03 Å². The first-order valence-corrected chi connectivity index (χ1v) is 10.8. The van der Waals surface area contributed by atoms with Crippen molar-refractivity contribution in [3.63, 3.8) is 0 Å². The van der Waals surface area contributed by atoms with E-state index in [1.54, 1.807) is 46.2 Å². The number of urea groups is 1. The Hall–Kier alpha value is -3.75. The number of piperidine rings is 1. The SMILES string of the molecule is COc1cc(C(=O)N2CCC(N3CC(=O)N(c4ccccc4)C3=O)CC2)cc(OC)c1OC. The zero-order chi connectivity index (χ0) is 23.5. The van der Waals surface area contributed by atoms with E-state index in [0.717, 1.165) is 0 Å². The van der Waals surface area contributed by atoms with Crippen LogP contribution in [0.4, 0.5) is 10.5 Å². The molecule has 0 aliphatic carbocycles. The minimum Gasteiger partial charge on any atom is -0.493 e. The maximum atomic E-state index is 13.1. The van der Waals surface area contributed by atoms with Crippen LogP contribution in [0.1, 0.15) is 23.2 Å². The molecule has 0 saturated carbocycles. The predicted molar refractivity (Wildman–Crippen MR) is 121 cm³/mol. The first-order chi connectivity index (χ1) is 16.0.